The third-order valence-corrected chi connectivity index (χ3v) is 3.24. The molecule has 5 heteroatoms. The van der Waals surface area contributed by atoms with Crippen molar-refractivity contribution in [3.05, 3.63) is 0 Å². The summed E-state index contributed by atoms with van der Waals surface area (Å²) < 4.78 is 5.36. The first-order chi connectivity index (χ1) is 7.78. The molecule has 5 nitrogen and oxygen atoms in total. The first-order valence-electron chi connectivity index (χ1n) is 6.05. The molecule has 2 atom stereocenters. The van der Waals surface area contributed by atoms with Gasteiger partial charge in [0.25, 0.3) is 0 Å². The van der Waals surface area contributed by atoms with Crippen molar-refractivity contribution in [2.45, 2.75) is 51.8 Å². The Morgan fingerprint density at radius 2 is 1.71 bits per heavy atom. The maximum absolute atomic E-state index is 11.9. The van der Waals surface area contributed by atoms with Gasteiger partial charge < -0.3 is 9.64 Å². The molecule has 0 spiro atoms. The van der Waals surface area contributed by atoms with Crippen LogP contribution in [0.4, 0.5) is 4.79 Å². The second kappa shape index (κ2) is 3.89. The lowest BCUT2D eigenvalue weighted by atomic mass is 9.88. The van der Waals surface area contributed by atoms with Crippen LogP contribution in [0.5, 0.6) is 0 Å². The largest absolute Gasteiger partial charge is 0.444 e. The molecule has 3 aliphatic rings. The Balaban J connectivity index is 1.95. The number of rotatable bonds is 0. The van der Waals surface area contributed by atoms with Gasteiger partial charge in [0.15, 0.2) is 0 Å². The van der Waals surface area contributed by atoms with Gasteiger partial charge in [-0.3, -0.25) is 9.69 Å². The van der Waals surface area contributed by atoms with Gasteiger partial charge in [-0.05, 0) is 27.2 Å². The maximum Gasteiger partial charge on any atom is 0.410 e. The van der Waals surface area contributed by atoms with Crippen LogP contribution in [0.15, 0.2) is 0 Å². The smallest absolute Gasteiger partial charge is 0.410 e. The molecule has 3 rings (SSSR count). The highest BCUT2D eigenvalue weighted by Gasteiger charge is 2.49. The van der Waals surface area contributed by atoms with Crippen LogP contribution < -0.4 is 0 Å². The summed E-state index contributed by atoms with van der Waals surface area (Å²) in [6.07, 6.45) is 0.741. The van der Waals surface area contributed by atoms with Crippen LogP contribution in [-0.2, 0) is 9.53 Å². The molecule has 0 saturated carbocycles. The number of hydrogen-bond donors (Lipinski definition) is 0. The number of ether oxygens (including phenoxy) is 1. The van der Waals surface area contributed by atoms with Gasteiger partial charge in [0, 0.05) is 20.0 Å². The van der Waals surface area contributed by atoms with Crippen molar-refractivity contribution in [1.29, 1.82) is 0 Å². The average Bonchev–Trinajstić information content (AvgIpc) is 2.14. The monoisotopic (exact) mass is 240 g/mol. The molecule has 17 heavy (non-hydrogen) atoms. The summed E-state index contributed by atoms with van der Waals surface area (Å²) in [5, 5.41) is 0. The fraction of sp³-hybridized carbons (Fsp3) is 0.833. The third-order valence-electron chi connectivity index (χ3n) is 3.24. The van der Waals surface area contributed by atoms with Crippen LogP contribution in [0.1, 0.15) is 34.1 Å². The van der Waals surface area contributed by atoms with E-state index in [0.29, 0.717) is 13.1 Å². The first kappa shape index (κ1) is 12.2. The molecule has 3 fully saturated rings. The van der Waals surface area contributed by atoms with E-state index in [0.717, 1.165) is 6.42 Å². The molecule has 0 aromatic carbocycles. The topological polar surface area (TPSA) is 49.9 Å². The summed E-state index contributed by atoms with van der Waals surface area (Å²) in [6, 6.07) is 0.292. The minimum absolute atomic E-state index is 0.0866. The van der Waals surface area contributed by atoms with Crippen molar-refractivity contribution in [1.82, 2.24) is 9.80 Å². The molecule has 3 saturated heterocycles. The maximum atomic E-state index is 11.9. The average molecular weight is 240 g/mol. The summed E-state index contributed by atoms with van der Waals surface area (Å²) in [6.45, 7) is 8.45. The number of piperazine rings is 1. The summed E-state index contributed by atoms with van der Waals surface area (Å²) >= 11 is 0. The van der Waals surface area contributed by atoms with Crippen molar-refractivity contribution in [2.75, 3.05) is 13.1 Å². The Bertz CT molecular complexity index is 336. The first-order valence-corrected chi connectivity index (χ1v) is 6.05. The van der Waals surface area contributed by atoms with E-state index in [4.69, 9.17) is 4.74 Å². The zero-order chi connectivity index (χ0) is 12.8. The van der Waals surface area contributed by atoms with E-state index in [9.17, 15) is 9.59 Å². The molecule has 0 radical (unpaired) electrons. The van der Waals surface area contributed by atoms with E-state index < -0.39 is 5.60 Å². The van der Waals surface area contributed by atoms with Gasteiger partial charge in [0.05, 0.1) is 12.1 Å². The molecule has 2 amide bonds. The van der Waals surface area contributed by atoms with Gasteiger partial charge in [-0.25, -0.2) is 4.79 Å². The standard InChI is InChI=1S/C12H20N2O3/c1-8(15)13-6-9-5-10(7-13)14(9)11(16)17-12(2,3)4/h9-10H,5-7H2,1-4H3. The number of fused-ring (bicyclic) bond motifs is 2. The number of piperidine rings is 1. The quantitative estimate of drug-likeness (QED) is 0.640. The molecule has 0 N–H and O–H groups in total. The number of hydrogen-bond acceptors (Lipinski definition) is 3. The molecule has 0 aromatic heterocycles. The van der Waals surface area contributed by atoms with Gasteiger partial charge in [-0.15, -0.1) is 0 Å². The summed E-state index contributed by atoms with van der Waals surface area (Å²) in [4.78, 5) is 26.8. The highest BCUT2D eigenvalue weighted by Crippen LogP contribution is 2.33. The van der Waals surface area contributed by atoms with E-state index in [1.807, 2.05) is 20.8 Å². The van der Waals surface area contributed by atoms with Gasteiger partial charge in [0.2, 0.25) is 5.91 Å². The van der Waals surface area contributed by atoms with Crippen molar-refractivity contribution in [3.8, 4) is 0 Å². The van der Waals surface area contributed by atoms with Crippen LogP contribution in [0.2, 0.25) is 0 Å². The van der Waals surface area contributed by atoms with E-state index in [1.54, 1.807) is 16.7 Å². The third kappa shape index (κ3) is 2.37. The summed E-state index contributed by atoms with van der Waals surface area (Å²) in [5.41, 5.74) is -0.457. The number of nitrogens with zero attached hydrogens (tertiary/aromatic N) is 2. The van der Waals surface area contributed by atoms with Gasteiger partial charge in [-0.2, -0.15) is 0 Å². The fourth-order valence-corrected chi connectivity index (χ4v) is 2.48. The molecule has 0 aliphatic carbocycles. The second-order valence-corrected chi connectivity index (χ2v) is 5.85. The molecule has 3 heterocycles. The predicted octanol–water partition coefficient (Wildman–Crippen LogP) is 1.23. The van der Waals surface area contributed by atoms with Gasteiger partial charge in [-0.1, -0.05) is 0 Å². The number of carbonyl (C=O) groups is 2. The SMILES string of the molecule is CC(=O)N1CC2CC(C1)N2C(=O)OC(C)(C)C. The minimum Gasteiger partial charge on any atom is -0.444 e. The highest BCUT2D eigenvalue weighted by molar-refractivity contribution is 5.75. The molecule has 2 unspecified atom stereocenters. The van der Waals surface area contributed by atoms with Crippen LogP contribution in [0.25, 0.3) is 0 Å². The lowest BCUT2D eigenvalue weighted by molar-refractivity contribution is -0.140. The van der Waals surface area contributed by atoms with Crippen molar-refractivity contribution in [2.24, 2.45) is 0 Å². The Morgan fingerprint density at radius 3 is 2.12 bits per heavy atom. The molecule has 3 aliphatic heterocycles. The fourth-order valence-electron chi connectivity index (χ4n) is 2.48. The van der Waals surface area contributed by atoms with Crippen LogP contribution in [0, 0.1) is 0 Å². The van der Waals surface area contributed by atoms with Crippen LogP contribution in [-0.4, -0.2) is 52.6 Å². The lowest BCUT2D eigenvalue weighted by Gasteiger charge is -2.55. The van der Waals surface area contributed by atoms with Crippen molar-refractivity contribution < 1.29 is 14.3 Å². The highest BCUT2D eigenvalue weighted by atomic mass is 16.6. The van der Waals surface area contributed by atoms with Gasteiger partial charge >= 0.3 is 6.09 Å². The number of amides is 2. The Kier molecular flexibility index (Phi) is 2.79. The Morgan fingerprint density at radius 1 is 1.18 bits per heavy atom. The lowest BCUT2D eigenvalue weighted by Crippen LogP contribution is -2.71. The van der Waals surface area contributed by atoms with Crippen molar-refractivity contribution >= 4 is 12.0 Å². The summed E-state index contributed by atoms with van der Waals surface area (Å²) in [5.74, 6) is 0.0866. The Hall–Kier alpha value is -1.26. The van der Waals surface area contributed by atoms with Gasteiger partial charge in [0.1, 0.15) is 5.60 Å². The van der Waals surface area contributed by atoms with E-state index >= 15 is 0 Å². The van der Waals surface area contributed by atoms with E-state index in [1.165, 1.54) is 0 Å². The minimum atomic E-state index is -0.457. The number of carbonyl (C=O) groups excluding carboxylic acids is 2. The zero-order valence-electron chi connectivity index (χ0n) is 10.9. The second-order valence-electron chi connectivity index (χ2n) is 5.85. The Labute approximate surface area is 102 Å². The molecular weight excluding hydrogens is 220 g/mol. The molecule has 0 aromatic rings. The van der Waals surface area contributed by atoms with E-state index in [2.05, 4.69) is 0 Å². The van der Waals surface area contributed by atoms with Crippen LogP contribution >= 0.6 is 0 Å². The van der Waals surface area contributed by atoms with Crippen molar-refractivity contribution in [3.63, 3.8) is 0 Å². The normalized spacial score (nSPS) is 27.5. The molecule has 2 bridgehead atoms. The summed E-state index contributed by atoms with van der Waals surface area (Å²) in [7, 11) is 0. The molecule has 96 valence electrons. The van der Waals surface area contributed by atoms with Crippen LogP contribution in [0.3, 0.4) is 0 Å². The zero-order valence-corrected chi connectivity index (χ0v) is 10.9. The molecular formula is C12H20N2O3. The van der Waals surface area contributed by atoms with E-state index in [-0.39, 0.29) is 24.1 Å². The predicted molar refractivity (Wildman–Crippen MR) is 62.5 cm³/mol.